The van der Waals surface area contributed by atoms with Crippen LogP contribution in [-0.4, -0.2) is 18.5 Å². The zero-order chi connectivity index (χ0) is 17.7. The lowest BCUT2D eigenvalue weighted by atomic mass is 10.1. The molecule has 0 spiro atoms. The average molecular weight is 326 g/mol. The van der Waals surface area contributed by atoms with Gasteiger partial charge in [-0.2, -0.15) is 0 Å². The van der Waals surface area contributed by atoms with E-state index in [1.54, 1.807) is 24.3 Å². The molecule has 0 bridgehead atoms. The van der Waals surface area contributed by atoms with E-state index in [-0.39, 0.29) is 5.92 Å². The minimum atomic E-state index is -0.456. The summed E-state index contributed by atoms with van der Waals surface area (Å²) in [4.78, 5) is 24.1. The monoisotopic (exact) mass is 326 g/mol. The number of carbonyl (C=O) groups is 2. The van der Waals surface area contributed by atoms with Crippen molar-refractivity contribution in [2.75, 3.05) is 6.61 Å². The molecule has 2 aromatic carbocycles. The van der Waals surface area contributed by atoms with Crippen LogP contribution in [0.2, 0.25) is 0 Å². The van der Waals surface area contributed by atoms with Crippen LogP contribution < -0.4 is 4.74 Å². The van der Waals surface area contributed by atoms with Gasteiger partial charge in [0.05, 0.1) is 17.7 Å². The molecular weight excluding hydrogens is 304 g/mol. The van der Waals surface area contributed by atoms with Crippen molar-refractivity contribution < 1.29 is 19.1 Å². The number of rotatable bonds is 5. The fourth-order valence-corrected chi connectivity index (χ4v) is 2.23. The third-order valence-electron chi connectivity index (χ3n) is 3.31. The lowest BCUT2D eigenvalue weighted by molar-refractivity contribution is 0.0458. The van der Waals surface area contributed by atoms with E-state index in [0.717, 1.165) is 11.1 Å². The highest BCUT2D eigenvalue weighted by Gasteiger charge is 2.12. The second kappa shape index (κ2) is 7.77. The number of carbonyl (C=O) groups excluding carboxylic acids is 2. The molecule has 0 aliphatic rings. The Labute approximate surface area is 142 Å². The van der Waals surface area contributed by atoms with Crippen molar-refractivity contribution in [3.63, 3.8) is 0 Å². The maximum Gasteiger partial charge on any atom is 0.343 e. The van der Waals surface area contributed by atoms with Crippen LogP contribution in [0.4, 0.5) is 0 Å². The minimum absolute atomic E-state index is 0.279. The number of esters is 2. The van der Waals surface area contributed by atoms with Gasteiger partial charge in [0.1, 0.15) is 5.75 Å². The normalized spacial score (nSPS) is 10.5. The molecule has 0 aliphatic heterocycles. The summed E-state index contributed by atoms with van der Waals surface area (Å²) in [7, 11) is 0. The molecule has 0 aromatic heterocycles. The van der Waals surface area contributed by atoms with Crippen molar-refractivity contribution >= 4 is 11.9 Å². The van der Waals surface area contributed by atoms with Crippen LogP contribution in [0.15, 0.2) is 42.5 Å². The largest absolute Gasteiger partial charge is 0.462 e. The lowest BCUT2D eigenvalue weighted by Crippen LogP contribution is -2.12. The van der Waals surface area contributed by atoms with Gasteiger partial charge in [0.15, 0.2) is 0 Å². The third-order valence-corrected chi connectivity index (χ3v) is 3.31. The van der Waals surface area contributed by atoms with Gasteiger partial charge in [-0.1, -0.05) is 19.9 Å². The molecule has 0 heterocycles. The fraction of sp³-hybridized carbons (Fsp3) is 0.300. The van der Waals surface area contributed by atoms with Crippen LogP contribution in [0.5, 0.6) is 5.75 Å². The summed E-state index contributed by atoms with van der Waals surface area (Å²) in [6, 6.07) is 11.9. The number of benzene rings is 2. The highest BCUT2D eigenvalue weighted by molar-refractivity contribution is 5.94. The van der Waals surface area contributed by atoms with Crippen LogP contribution >= 0.6 is 0 Å². The minimum Gasteiger partial charge on any atom is -0.462 e. The van der Waals surface area contributed by atoms with E-state index in [0.29, 0.717) is 23.5 Å². The lowest BCUT2D eigenvalue weighted by Gasteiger charge is -2.08. The summed E-state index contributed by atoms with van der Waals surface area (Å²) in [5.74, 6) is -0.0565. The molecule has 4 nitrogen and oxygen atoms in total. The van der Waals surface area contributed by atoms with E-state index in [2.05, 4.69) is 0 Å². The van der Waals surface area contributed by atoms with E-state index in [1.807, 2.05) is 45.9 Å². The first-order valence-corrected chi connectivity index (χ1v) is 7.93. The van der Waals surface area contributed by atoms with Crippen molar-refractivity contribution in [1.29, 1.82) is 0 Å². The molecule has 0 N–H and O–H groups in total. The maximum atomic E-state index is 12.2. The van der Waals surface area contributed by atoms with E-state index in [9.17, 15) is 9.59 Å². The molecule has 0 radical (unpaired) electrons. The first-order valence-electron chi connectivity index (χ1n) is 7.93. The summed E-state index contributed by atoms with van der Waals surface area (Å²) in [5.41, 5.74) is 2.86. The predicted octanol–water partition coefficient (Wildman–Crippen LogP) is 4.34. The average Bonchev–Trinajstić information content (AvgIpc) is 2.51. The Morgan fingerprint density at radius 2 is 1.38 bits per heavy atom. The maximum absolute atomic E-state index is 12.2. The smallest absolute Gasteiger partial charge is 0.343 e. The Balaban J connectivity index is 2.04. The number of hydrogen-bond acceptors (Lipinski definition) is 4. The fourth-order valence-electron chi connectivity index (χ4n) is 2.23. The summed E-state index contributed by atoms with van der Waals surface area (Å²) in [6.45, 7) is 8.21. The van der Waals surface area contributed by atoms with Crippen LogP contribution in [0.25, 0.3) is 0 Å². The van der Waals surface area contributed by atoms with Gasteiger partial charge >= 0.3 is 11.9 Å². The summed E-state index contributed by atoms with van der Waals surface area (Å²) >= 11 is 0. The molecule has 0 atom stereocenters. The van der Waals surface area contributed by atoms with Crippen molar-refractivity contribution in [3.05, 3.63) is 64.7 Å². The molecule has 4 heteroatoms. The molecular formula is C20H22O4. The van der Waals surface area contributed by atoms with E-state index in [4.69, 9.17) is 9.47 Å². The van der Waals surface area contributed by atoms with Crippen molar-refractivity contribution in [2.45, 2.75) is 27.7 Å². The van der Waals surface area contributed by atoms with Crippen LogP contribution in [-0.2, 0) is 4.74 Å². The van der Waals surface area contributed by atoms with Crippen molar-refractivity contribution in [3.8, 4) is 5.75 Å². The highest BCUT2D eigenvalue weighted by Crippen LogP contribution is 2.18. The Morgan fingerprint density at radius 1 is 0.875 bits per heavy atom. The molecule has 0 amide bonds. The van der Waals surface area contributed by atoms with Gasteiger partial charge in [0.2, 0.25) is 0 Å². The van der Waals surface area contributed by atoms with Gasteiger partial charge in [0, 0.05) is 0 Å². The summed E-state index contributed by atoms with van der Waals surface area (Å²) < 4.78 is 10.5. The van der Waals surface area contributed by atoms with Gasteiger partial charge in [-0.25, -0.2) is 9.59 Å². The van der Waals surface area contributed by atoms with E-state index >= 15 is 0 Å². The van der Waals surface area contributed by atoms with Crippen LogP contribution in [0.3, 0.4) is 0 Å². The number of ether oxygens (including phenoxy) is 2. The molecule has 2 rings (SSSR count). The predicted molar refractivity (Wildman–Crippen MR) is 92.4 cm³/mol. The van der Waals surface area contributed by atoms with Gasteiger partial charge in [0.25, 0.3) is 0 Å². The quantitative estimate of drug-likeness (QED) is 0.606. The zero-order valence-corrected chi connectivity index (χ0v) is 14.5. The summed E-state index contributed by atoms with van der Waals surface area (Å²) in [5, 5.41) is 0. The van der Waals surface area contributed by atoms with E-state index in [1.165, 1.54) is 0 Å². The second-order valence-corrected chi connectivity index (χ2v) is 6.28. The summed E-state index contributed by atoms with van der Waals surface area (Å²) in [6.07, 6.45) is 0. The van der Waals surface area contributed by atoms with Gasteiger partial charge in [-0.05, 0) is 67.3 Å². The Kier molecular flexibility index (Phi) is 5.74. The molecule has 0 fully saturated rings. The van der Waals surface area contributed by atoms with Crippen LogP contribution in [0.1, 0.15) is 45.7 Å². The number of aryl methyl sites for hydroxylation is 2. The molecule has 0 unspecified atom stereocenters. The van der Waals surface area contributed by atoms with Gasteiger partial charge < -0.3 is 9.47 Å². The Bertz CT molecular complexity index is 710. The second-order valence-electron chi connectivity index (χ2n) is 6.28. The van der Waals surface area contributed by atoms with Gasteiger partial charge in [-0.3, -0.25) is 0 Å². The Morgan fingerprint density at radius 3 is 1.88 bits per heavy atom. The molecule has 0 saturated heterocycles. The van der Waals surface area contributed by atoms with Crippen LogP contribution in [0, 0.1) is 19.8 Å². The molecule has 126 valence electrons. The first kappa shape index (κ1) is 17.7. The first-order chi connectivity index (χ1) is 11.3. The van der Waals surface area contributed by atoms with E-state index < -0.39 is 11.9 Å². The zero-order valence-electron chi connectivity index (χ0n) is 14.5. The third kappa shape index (κ3) is 4.95. The topological polar surface area (TPSA) is 52.6 Å². The SMILES string of the molecule is Cc1cc(C)cc(OC(=O)c2ccc(C(=O)OCC(C)C)cc2)c1. The highest BCUT2D eigenvalue weighted by atomic mass is 16.5. The van der Waals surface area contributed by atoms with Crippen molar-refractivity contribution in [1.82, 2.24) is 0 Å². The molecule has 24 heavy (non-hydrogen) atoms. The molecule has 2 aromatic rings. The Hall–Kier alpha value is -2.62. The standard InChI is InChI=1S/C20H22O4/c1-13(2)12-23-19(21)16-5-7-17(8-6-16)20(22)24-18-10-14(3)9-15(4)11-18/h5-11,13H,12H2,1-4H3. The number of hydrogen-bond donors (Lipinski definition) is 0. The van der Waals surface area contributed by atoms with Gasteiger partial charge in [-0.15, -0.1) is 0 Å². The van der Waals surface area contributed by atoms with Crippen molar-refractivity contribution in [2.24, 2.45) is 5.92 Å². The molecule has 0 saturated carbocycles. The molecule has 0 aliphatic carbocycles.